The molecule has 2 rings (SSSR count). The molecule has 4 heteroatoms. The summed E-state index contributed by atoms with van der Waals surface area (Å²) in [5, 5.41) is 0. The molecular weight excluding hydrogens is 192 g/mol. The quantitative estimate of drug-likeness (QED) is 0.586. The second-order valence-corrected chi connectivity index (χ2v) is 4.05. The molecule has 2 unspecified atom stereocenters. The van der Waals surface area contributed by atoms with Crippen LogP contribution in [0, 0.1) is 12.8 Å². The van der Waals surface area contributed by atoms with Crippen LogP contribution < -0.4 is 11.3 Å². The van der Waals surface area contributed by atoms with Gasteiger partial charge < -0.3 is 9.15 Å². The van der Waals surface area contributed by atoms with E-state index in [1.165, 1.54) is 0 Å². The molecule has 1 aliphatic heterocycles. The van der Waals surface area contributed by atoms with Gasteiger partial charge in [0.15, 0.2) is 0 Å². The van der Waals surface area contributed by atoms with E-state index in [-0.39, 0.29) is 6.04 Å². The Morgan fingerprint density at radius 3 is 3.00 bits per heavy atom. The molecule has 3 N–H and O–H groups in total. The standard InChI is InChI=1S/C11H18N2O2/c1-8-10(4-6-15-8)11(13-12)9-3-2-5-14-7-9/h4,6,9,11,13H,2-3,5,7,12H2,1H3. The van der Waals surface area contributed by atoms with E-state index in [1.54, 1.807) is 6.26 Å². The molecule has 0 saturated carbocycles. The highest BCUT2D eigenvalue weighted by atomic mass is 16.5. The Balaban J connectivity index is 2.12. The van der Waals surface area contributed by atoms with Crippen molar-refractivity contribution >= 4 is 0 Å². The van der Waals surface area contributed by atoms with E-state index in [2.05, 4.69) is 5.43 Å². The molecule has 0 aromatic carbocycles. The van der Waals surface area contributed by atoms with Gasteiger partial charge in [0, 0.05) is 18.1 Å². The van der Waals surface area contributed by atoms with Gasteiger partial charge in [-0.2, -0.15) is 0 Å². The molecule has 2 heterocycles. The van der Waals surface area contributed by atoms with Gasteiger partial charge in [0.1, 0.15) is 5.76 Å². The number of hydrazine groups is 1. The number of hydrogen-bond donors (Lipinski definition) is 2. The normalized spacial score (nSPS) is 24.0. The smallest absolute Gasteiger partial charge is 0.105 e. The first kappa shape index (κ1) is 10.7. The molecule has 1 aliphatic rings. The number of ether oxygens (including phenoxy) is 1. The minimum atomic E-state index is 0.143. The third kappa shape index (κ3) is 2.22. The Morgan fingerprint density at radius 2 is 2.47 bits per heavy atom. The Hall–Kier alpha value is -0.840. The summed E-state index contributed by atoms with van der Waals surface area (Å²) >= 11 is 0. The number of nitrogens with one attached hydrogen (secondary N) is 1. The maximum absolute atomic E-state index is 5.62. The average Bonchev–Trinajstić information content (AvgIpc) is 2.68. The Labute approximate surface area is 89.7 Å². The summed E-state index contributed by atoms with van der Waals surface area (Å²) in [7, 11) is 0. The predicted molar refractivity (Wildman–Crippen MR) is 57.1 cm³/mol. The van der Waals surface area contributed by atoms with Crippen molar-refractivity contribution < 1.29 is 9.15 Å². The largest absolute Gasteiger partial charge is 0.469 e. The highest BCUT2D eigenvalue weighted by Gasteiger charge is 2.26. The zero-order valence-electron chi connectivity index (χ0n) is 9.03. The first-order valence-corrected chi connectivity index (χ1v) is 5.41. The lowest BCUT2D eigenvalue weighted by Crippen LogP contribution is -2.37. The van der Waals surface area contributed by atoms with Crippen molar-refractivity contribution in [1.29, 1.82) is 0 Å². The summed E-state index contributed by atoms with van der Waals surface area (Å²) in [5.41, 5.74) is 4.02. The molecule has 1 aromatic heterocycles. The van der Waals surface area contributed by atoms with E-state index >= 15 is 0 Å². The third-order valence-corrected chi connectivity index (χ3v) is 3.08. The van der Waals surface area contributed by atoms with Crippen LogP contribution in [0.15, 0.2) is 16.7 Å². The van der Waals surface area contributed by atoms with E-state index in [9.17, 15) is 0 Å². The SMILES string of the molecule is Cc1occc1C(NN)C1CCCOC1. The fraction of sp³-hybridized carbons (Fsp3) is 0.636. The average molecular weight is 210 g/mol. The van der Waals surface area contributed by atoms with Gasteiger partial charge in [0.25, 0.3) is 0 Å². The van der Waals surface area contributed by atoms with Crippen molar-refractivity contribution in [2.24, 2.45) is 11.8 Å². The Morgan fingerprint density at radius 1 is 1.60 bits per heavy atom. The summed E-state index contributed by atoms with van der Waals surface area (Å²) in [6.07, 6.45) is 3.97. The zero-order valence-corrected chi connectivity index (χ0v) is 9.03. The fourth-order valence-corrected chi connectivity index (χ4v) is 2.23. The molecule has 1 aromatic rings. The molecule has 84 valence electrons. The number of aryl methyl sites for hydroxylation is 1. The summed E-state index contributed by atoms with van der Waals surface area (Å²) in [5.74, 6) is 6.99. The monoisotopic (exact) mass is 210 g/mol. The Bertz CT molecular complexity index is 305. The second-order valence-electron chi connectivity index (χ2n) is 4.05. The van der Waals surface area contributed by atoms with E-state index in [1.807, 2.05) is 13.0 Å². The van der Waals surface area contributed by atoms with Crippen molar-refractivity contribution in [2.45, 2.75) is 25.8 Å². The molecule has 1 fully saturated rings. The van der Waals surface area contributed by atoms with E-state index in [4.69, 9.17) is 15.0 Å². The maximum Gasteiger partial charge on any atom is 0.105 e. The highest BCUT2D eigenvalue weighted by molar-refractivity contribution is 5.21. The van der Waals surface area contributed by atoms with Crippen LogP contribution in [-0.2, 0) is 4.74 Å². The second kappa shape index (κ2) is 4.79. The lowest BCUT2D eigenvalue weighted by atomic mass is 9.89. The molecular formula is C11H18N2O2. The van der Waals surface area contributed by atoms with E-state index < -0.39 is 0 Å². The first-order valence-electron chi connectivity index (χ1n) is 5.41. The van der Waals surface area contributed by atoms with Gasteiger partial charge >= 0.3 is 0 Å². The van der Waals surface area contributed by atoms with Crippen molar-refractivity contribution in [3.8, 4) is 0 Å². The predicted octanol–water partition coefficient (Wildman–Crippen LogP) is 1.52. The zero-order chi connectivity index (χ0) is 10.7. The van der Waals surface area contributed by atoms with E-state index in [0.29, 0.717) is 5.92 Å². The molecule has 4 nitrogen and oxygen atoms in total. The van der Waals surface area contributed by atoms with Crippen LogP contribution in [0.1, 0.15) is 30.2 Å². The van der Waals surface area contributed by atoms with Crippen LogP contribution in [0.5, 0.6) is 0 Å². The van der Waals surface area contributed by atoms with Crippen molar-refractivity contribution in [1.82, 2.24) is 5.43 Å². The van der Waals surface area contributed by atoms with Gasteiger partial charge in [-0.1, -0.05) is 0 Å². The summed E-state index contributed by atoms with van der Waals surface area (Å²) in [4.78, 5) is 0. The van der Waals surface area contributed by atoms with Crippen LogP contribution in [0.25, 0.3) is 0 Å². The van der Waals surface area contributed by atoms with Gasteiger partial charge in [0.2, 0.25) is 0 Å². The van der Waals surface area contributed by atoms with Crippen molar-refractivity contribution in [2.75, 3.05) is 13.2 Å². The molecule has 0 radical (unpaired) electrons. The van der Waals surface area contributed by atoms with Crippen molar-refractivity contribution in [3.05, 3.63) is 23.7 Å². The molecule has 2 atom stereocenters. The summed E-state index contributed by atoms with van der Waals surface area (Å²) < 4.78 is 10.8. The number of furan rings is 1. The minimum Gasteiger partial charge on any atom is -0.469 e. The number of rotatable bonds is 3. The van der Waals surface area contributed by atoms with Crippen molar-refractivity contribution in [3.63, 3.8) is 0 Å². The lowest BCUT2D eigenvalue weighted by molar-refractivity contribution is 0.0388. The van der Waals surface area contributed by atoms with Gasteiger partial charge in [-0.3, -0.25) is 11.3 Å². The molecule has 1 saturated heterocycles. The van der Waals surface area contributed by atoms with Gasteiger partial charge in [-0.25, -0.2) is 0 Å². The fourth-order valence-electron chi connectivity index (χ4n) is 2.23. The molecule has 15 heavy (non-hydrogen) atoms. The maximum atomic E-state index is 5.62. The van der Waals surface area contributed by atoms with Crippen LogP contribution in [0.4, 0.5) is 0 Å². The number of hydrogen-bond acceptors (Lipinski definition) is 4. The number of nitrogens with two attached hydrogens (primary N) is 1. The topological polar surface area (TPSA) is 60.4 Å². The van der Waals surface area contributed by atoms with Crippen LogP contribution in [0.2, 0.25) is 0 Å². The Kier molecular flexibility index (Phi) is 3.41. The van der Waals surface area contributed by atoms with E-state index in [0.717, 1.165) is 37.4 Å². The van der Waals surface area contributed by atoms with Gasteiger partial charge in [-0.15, -0.1) is 0 Å². The first-order chi connectivity index (χ1) is 7.33. The summed E-state index contributed by atoms with van der Waals surface area (Å²) in [6, 6.07) is 2.12. The van der Waals surface area contributed by atoms with Crippen LogP contribution in [-0.4, -0.2) is 13.2 Å². The molecule has 0 bridgehead atoms. The van der Waals surface area contributed by atoms with Gasteiger partial charge in [0.05, 0.1) is 18.9 Å². The molecule has 0 aliphatic carbocycles. The third-order valence-electron chi connectivity index (χ3n) is 3.08. The minimum absolute atomic E-state index is 0.143. The molecule has 0 spiro atoms. The van der Waals surface area contributed by atoms with Crippen LogP contribution >= 0.6 is 0 Å². The lowest BCUT2D eigenvalue weighted by Gasteiger charge is -2.29. The highest BCUT2D eigenvalue weighted by Crippen LogP contribution is 2.30. The summed E-state index contributed by atoms with van der Waals surface area (Å²) in [6.45, 7) is 3.61. The van der Waals surface area contributed by atoms with Gasteiger partial charge in [-0.05, 0) is 25.8 Å². The van der Waals surface area contributed by atoms with Crippen LogP contribution in [0.3, 0.4) is 0 Å². The molecule has 0 amide bonds.